The van der Waals surface area contributed by atoms with Crippen LogP contribution in [0.1, 0.15) is 23.2 Å². The molecule has 5 nitrogen and oxygen atoms in total. The molecule has 0 spiro atoms. The maximum atomic E-state index is 11.9. The first-order valence-corrected chi connectivity index (χ1v) is 7.30. The minimum Gasteiger partial charge on any atom is -0.374 e. The minimum absolute atomic E-state index is 0.000556. The Morgan fingerprint density at radius 1 is 1.29 bits per heavy atom. The highest BCUT2D eigenvalue weighted by Crippen LogP contribution is 2.05. The molecule has 1 N–H and O–H groups in total. The number of likely N-dealkylation sites (N-methyl/N-ethyl adjacent to an activating group) is 1. The van der Waals surface area contributed by atoms with Crippen molar-refractivity contribution in [3.8, 4) is 0 Å². The molecular formula is C16H22N2O3. The van der Waals surface area contributed by atoms with Gasteiger partial charge in [0, 0.05) is 38.0 Å². The monoisotopic (exact) mass is 290 g/mol. The van der Waals surface area contributed by atoms with Gasteiger partial charge in [-0.1, -0.05) is 30.3 Å². The van der Waals surface area contributed by atoms with Crippen LogP contribution in [0.25, 0.3) is 0 Å². The lowest BCUT2D eigenvalue weighted by molar-refractivity contribution is -0.122. The van der Waals surface area contributed by atoms with E-state index in [4.69, 9.17) is 4.74 Å². The predicted octanol–water partition coefficient (Wildman–Crippen LogP) is 1.10. The van der Waals surface area contributed by atoms with Gasteiger partial charge in [0.15, 0.2) is 5.78 Å². The summed E-state index contributed by atoms with van der Waals surface area (Å²) in [6, 6.07) is 9.05. The van der Waals surface area contributed by atoms with Gasteiger partial charge in [-0.3, -0.25) is 9.59 Å². The van der Waals surface area contributed by atoms with Gasteiger partial charge in [-0.25, -0.2) is 0 Å². The third-order valence-electron chi connectivity index (χ3n) is 3.54. The average Bonchev–Trinajstić information content (AvgIpc) is 2.51. The Balaban J connectivity index is 1.67. The summed E-state index contributed by atoms with van der Waals surface area (Å²) in [6.07, 6.45) is 0.495. The van der Waals surface area contributed by atoms with Gasteiger partial charge in [-0.05, 0) is 7.05 Å². The van der Waals surface area contributed by atoms with Gasteiger partial charge in [0.2, 0.25) is 5.91 Å². The van der Waals surface area contributed by atoms with E-state index in [1.165, 1.54) is 0 Å². The molecule has 5 heteroatoms. The third kappa shape index (κ3) is 5.28. The molecule has 1 aromatic carbocycles. The van der Waals surface area contributed by atoms with E-state index in [1.54, 1.807) is 12.1 Å². The van der Waals surface area contributed by atoms with Crippen LogP contribution in [0.3, 0.4) is 0 Å². The number of hydrogen-bond acceptors (Lipinski definition) is 4. The lowest BCUT2D eigenvalue weighted by Crippen LogP contribution is -2.45. The van der Waals surface area contributed by atoms with Gasteiger partial charge in [0.05, 0.1) is 12.7 Å². The normalized spacial score (nSPS) is 19.2. The quantitative estimate of drug-likeness (QED) is 0.797. The standard InChI is InChI=1S/C16H22N2O3/c1-18-9-10-21-14(12-18)11-17-16(20)8-7-15(19)13-5-3-2-4-6-13/h2-6,14H,7-12H2,1H3,(H,17,20). The number of ketones is 1. The summed E-state index contributed by atoms with van der Waals surface area (Å²) in [7, 11) is 2.04. The van der Waals surface area contributed by atoms with Gasteiger partial charge < -0.3 is 15.0 Å². The molecular weight excluding hydrogens is 268 g/mol. The molecule has 114 valence electrons. The van der Waals surface area contributed by atoms with E-state index >= 15 is 0 Å². The van der Waals surface area contributed by atoms with Crippen LogP contribution in [0.4, 0.5) is 0 Å². The molecule has 1 aromatic rings. The van der Waals surface area contributed by atoms with Gasteiger partial charge in [0.25, 0.3) is 0 Å². The Hall–Kier alpha value is -1.72. The zero-order valence-electron chi connectivity index (χ0n) is 12.4. The molecule has 1 fully saturated rings. The molecule has 0 saturated carbocycles. The Morgan fingerprint density at radius 2 is 2.05 bits per heavy atom. The number of carbonyl (C=O) groups excluding carboxylic acids is 2. The van der Waals surface area contributed by atoms with E-state index < -0.39 is 0 Å². The van der Waals surface area contributed by atoms with Crippen LogP contribution < -0.4 is 5.32 Å². The molecule has 1 aliphatic rings. The SMILES string of the molecule is CN1CCOC(CNC(=O)CCC(=O)c2ccccc2)C1. The molecule has 0 aliphatic carbocycles. The van der Waals surface area contributed by atoms with Gasteiger partial charge >= 0.3 is 0 Å². The van der Waals surface area contributed by atoms with E-state index in [9.17, 15) is 9.59 Å². The fraction of sp³-hybridized carbons (Fsp3) is 0.500. The minimum atomic E-state index is -0.101. The molecule has 1 heterocycles. The van der Waals surface area contributed by atoms with Crippen molar-refractivity contribution in [2.75, 3.05) is 33.3 Å². The van der Waals surface area contributed by atoms with E-state index in [-0.39, 0.29) is 30.6 Å². The van der Waals surface area contributed by atoms with Crippen molar-refractivity contribution in [1.29, 1.82) is 0 Å². The number of morpholine rings is 1. The number of Topliss-reactive ketones (excluding diaryl/α,β-unsaturated/α-hetero) is 1. The summed E-state index contributed by atoms with van der Waals surface area (Å²) in [6.45, 7) is 2.95. The second-order valence-electron chi connectivity index (χ2n) is 5.35. The van der Waals surface area contributed by atoms with Crippen LogP contribution in [0.15, 0.2) is 30.3 Å². The molecule has 1 amide bonds. The molecule has 0 bridgehead atoms. The maximum Gasteiger partial charge on any atom is 0.220 e. The van der Waals surface area contributed by atoms with Crippen LogP contribution in [-0.2, 0) is 9.53 Å². The van der Waals surface area contributed by atoms with Crippen molar-refractivity contribution in [3.05, 3.63) is 35.9 Å². The largest absolute Gasteiger partial charge is 0.374 e. The van der Waals surface area contributed by atoms with Gasteiger partial charge in [-0.15, -0.1) is 0 Å². The predicted molar refractivity (Wildman–Crippen MR) is 80.3 cm³/mol. The number of nitrogens with one attached hydrogen (secondary N) is 1. The first kappa shape index (κ1) is 15.7. The Bertz CT molecular complexity index is 476. The fourth-order valence-electron chi connectivity index (χ4n) is 2.30. The summed E-state index contributed by atoms with van der Waals surface area (Å²) >= 11 is 0. The summed E-state index contributed by atoms with van der Waals surface area (Å²) in [4.78, 5) is 25.8. The number of ether oxygens (including phenoxy) is 1. The Morgan fingerprint density at radius 3 is 2.76 bits per heavy atom. The molecule has 1 unspecified atom stereocenters. The number of benzene rings is 1. The highest BCUT2D eigenvalue weighted by molar-refractivity contribution is 5.97. The lowest BCUT2D eigenvalue weighted by atomic mass is 10.1. The second-order valence-corrected chi connectivity index (χ2v) is 5.35. The first-order chi connectivity index (χ1) is 10.1. The molecule has 0 aromatic heterocycles. The van der Waals surface area contributed by atoms with Crippen LogP contribution in [0.2, 0.25) is 0 Å². The maximum absolute atomic E-state index is 11.9. The van der Waals surface area contributed by atoms with Crippen LogP contribution in [0.5, 0.6) is 0 Å². The Labute approximate surface area is 125 Å². The van der Waals surface area contributed by atoms with E-state index in [0.29, 0.717) is 18.7 Å². The van der Waals surface area contributed by atoms with E-state index in [1.807, 2.05) is 25.2 Å². The molecule has 1 saturated heterocycles. The van der Waals surface area contributed by atoms with Crippen molar-refractivity contribution >= 4 is 11.7 Å². The molecule has 21 heavy (non-hydrogen) atoms. The van der Waals surface area contributed by atoms with Crippen molar-refractivity contribution in [1.82, 2.24) is 10.2 Å². The van der Waals surface area contributed by atoms with Gasteiger partial charge in [-0.2, -0.15) is 0 Å². The second kappa shape index (κ2) is 7.90. The number of nitrogens with zero attached hydrogens (tertiary/aromatic N) is 1. The topological polar surface area (TPSA) is 58.6 Å². The summed E-state index contributed by atoms with van der Waals surface area (Å²) < 4.78 is 5.57. The van der Waals surface area contributed by atoms with E-state index in [0.717, 1.165) is 13.1 Å². The number of carbonyl (C=O) groups is 2. The average molecular weight is 290 g/mol. The summed E-state index contributed by atoms with van der Waals surface area (Å²) in [5.41, 5.74) is 0.655. The van der Waals surface area contributed by atoms with Crippen LogP contribution in [0, 0.1) is 0 Å². The third-order valence-corrected chi connectivity index (χ3v) is 3.54. The number of amides is 1. The molecule has 1 atom stereocenters. The first-order valence-electron chi connectivity index (χ1n) is 7.30. The highest BCUT2D eigenvalue weighted by atomic mass is 16.5. The fourth-order valence-corrected chi connectivity index (χ4v) is 2.30. The molecule has 1 aliphatic heterocycles. The van der Waals surface area contributed by atoms with Gasteiger partial charge in [0.1, 0.15) is 0 Å². The highest BCUT2D eigenvalue weighted by Gasteiger charge is 2.18. The van der Waals surface area contributed by atoms with Crippen molar-refractivity contribution in [2.45, 2.75) is 18.9 Å². The summed E-state index contributed by atoms with van der Waals surface area (Å²) in [5.74, 6) is -0.101. The lowest BCUT2D eigenvalue weighted by Gasteiger charge is -2.30. The molecule has 2 rings (SSSR count). The van der Waals surface area contributed by atoms with Crippen molar-refractivity contribution in [3.63, 3.8) is 0 Å². The van der Waals surface area contributed by atoms with Crippen LogP contribution in [-0.4, -0.2) is 56.0 Å². The van der Waals surface area contributed by atoms with Crippen LogP contribution >= 0.6 is 0 Å². The molecule has 0 radical (unpaired) electrons. The smallest absolute Gasteiger partial charge is 0.220 e. The van der Waals surface area contributed by atoms with E-state index in [2.05, 4.69) is 10.2 Å². The zero-order valence-corrected chi connectivity index (χ0v) is 12.4. The number of rotatable bonds is 6. The van der Waals surface area contributed by atoms with Crippen molar-refractivity contribution in [2.24, 2.45) is 0 Å². The zero-order chi connectivity index (χ0) is 15.1. The number of hydrogen-bond donors (Lipinski definition) is 1. The van der Waals surface area contributed by atoms with Crippen molar-refractivity contribution < 1.29 is 14.3 Å². The Kier molecular flexibility index (Phi) is 5.90. The summed E-state index contributed by atoms with van der Waals surface area (Å²) in [5, 5.41) is 2.84.